The van der Waals surface area contributed by atoms with Crippen LogP contribution in [0.5, 0.6) is 0 Å². The summed E-state index contributed by atoms with van der Waals surface area (Å²) in [6.45, 7) is 4.48. The first-order valence-electron chi connectivity index (χ1n) is 5.47. The molecule has 4 heteroatoms. The minimum atomic E-state index is 0.0528. The number of carbonyl (C=O) groups is 1. The maximum atomic E-state index is 11.3. The first kappa shape index (κ1) is 12.4. The Labute approximate surface area is 96.2 Å². The van der Waals surface area contributed by atoms with E-state index in [0.29, 0.717) is 18.7 Å². The lowest BCUT2D eigenvalue weighted by Crippen LogP contribution is -2.31. The molecule has 0 heterocycles. The van der Waals surface area contributed by atoms with Crippen LogP contribution in [0.25, 0.3) is 0 Å². The second-order valence-electron chi connectivity index (χ2n) is 3.99. The molecule has 0 fully saturated rings. The van der Waals surface area contributed by atoms with Gasteiger partial charge < -0.3 is 16.4 Å². The Balaban J connectivity index is 2.31. The molecular formula is C12H19N3O. The molecule has 1 aromatic rings. The summed E-state index contributed by atoms with van der Waals surface area (Å²) in [6.07, 6.45) is 0.451. The van der Waals surface area contributed by atoms with E-state index in [-0.39, 0.29) is 11.9 Å². The fraction of sp³-hybridized carbons (Fsp3) is 0.417. The summed E-state index contributed by atoms with van der Waals surface area (Å²) in [6, 6.07) is 7.71. The van der Waals surface area contributed by atoms with Gasteiger partial charge in [0.2, 0.25) is 5.91 Å². The number of para-hydroxylation sites is 2. The van der Waals surface area contributed by atoms with Crippen molar-refractivity contribution < 1.29 is 4.79 Å². The number of nitrogen functional groups attached to an aromatic ring is 1. The molecule has 1 rings (SSSR count). The normalized spacial score (nSPS) is 10.2. The maximum Gasteiger partial charge on any atom is 0.221 e. The van der Waals surface area contributed by atoms with E-state index in [1.54, 1.807) is 0 Å². The highest BCUT2D eigenvalue weighted by atomic mass is 16.1. The number of carbonyl (C=O) groups excluding carboxylic acids is 1. The molecule has 0 bridgehead atoms. The minimum absolute atomic E-state index is 0.0528. The van der Waals surface area contributed by atoms with Gasteiger partial charge in [0.05, 0.1) is 11.4 Å². The lowest BCUT2D eigenvalue weighted by molar-refractivity contribution is -0.121. The Morgan fingerprint density at radius 3 is 2.69 bits per heavy atom. The fourth-order valence-corrected chi connectivity index (χ4v) is 1.36. The van der Waals surface area contributed by atoms with Crippen molar-refractivity contribution in [1.82, 2.24) is 5.32 Å². The van der Waals surface area contributed by atoms with Crippen molar-refractivity contribution in [3.63, 3.8) is 0 Å². The van der Waals surface area contributed by atoms with E-state index in [0.717, 1.165) is 5.69 Å². The Bertz CT molecular complexity index is 350. The van der Waals surface area contributed by atoms with Crippen molar-refractivity contribution in [2.75, 3.05) is 17.6 Å². The molecule has 0 aliphatic carbocycles. The summed E-state index contributed by atoms with van der Waals surface area (Å²) in [5.74, 6) is 0.0528. The van der Waals surface area contributed by atoms with E-state index in [1.165, 1.54) is 0 Å². The van der Waals surface area contributed by atoms with Gasteiger partial charge in [0, 0.05) is 19.0 Å². The number of rotatable bonds is 5. The summed E-state index contributed by atoms with van der Waals surface area (Å²) in [4.78, 5) is 11.3. The van der Waals surface area contributed by atoms with Crippen LogP contribution < -0.4 is 16.4 Å². The SMILES string of the molecule is CC(C)NC(=O)CCNc1ccccc1N. The standard InChI is InChI=1S/C12H19N3O/c1-9(2)15-12(16)7-8-14-11-6-4-3-5-10(11)13/h3-6,9,14H,7-8,13H2,1-2H3,(H,15,16). The number of hydrogen-bond donors (Lipinski definition) is 3. The molecule has 0 saturated heterocycles. The summed E-state index contributed by atoms with van der Waals surface area (Å²) in [5.41, 5.74) is 7.33. The van der Waals surface area contributed by atoms with Gasteiger partial charge >= 0.3 is 0 Å². The van der Waals surface area contributed by atoms with Gasteiger partial charge in [-0.15, -0.1) is 0 Å². The average Bonchev–Trinajstić information content (AvgIpc) is 2.19. The van der Waals surface area contributed by atoms with Crippen LogP contribution in [0.4, 0.5) is 11.4 Å². The van der Waals surface area contributed by atoms with Gasteiger partial charge in [-0.25, -0.2) is 0 Å². The predicted molar refractivity (Wildman–Crippen MR) is 67.2 cm³/mol. The second-order valence-corrected chi connectivity index (χ2v) is 3.99. The van der Waals surface area contributed by atoms with Gasteiger partial charge in [-0.2, -0.15) is 0 Å². The summed E-state index contributed by atoms with van der Waals surface area (Å²) >= 11 is 0. The van der Waals surface area contributed by atoms with Crippen molar-refractivity contribution in [2.45, 2.75) is 26.3 Å². The lowest BCUT2D eigenvalue weighted by Gasteiger charge is -2.10. The van der Waals surface area contributed by atoms with Crippen LogP contribution in [0.2, 0.25) is 0 Å². The molecule has 0 spiro atoms. The van der Waals surface area contributed by atoms with Crippen LogP contribution in [-0.2, 0) is 4.79 Å². The highest BCUT2D eigenvalue weighted by Crippen LogP contribution is 2.16. The molecule has 0 radical (unpaired) electrons. The first-order valence-corrected chi connectivity index (χ1v) is 5.47. The molecule has 0 aliphatic heterocycles. The minimum Gasteiger partial charge on any atom is -0.397 e. The first-order chi connectivity index (χ1) is 7.59. The van der Waals surface area contributed by atoms with Crippen LogP contribution in [0.15, 0.2) is 24.3 Å². The zero-order valence-corrected chi connectivity index (χ0v) is 9.79. The lowest BCUT2D eigenvalue weighted by atomic mass is 10.2. The summed E-state index contributed by atoms with van der Waals surface area (Å²) < 4.78 is 0. The zero-order valence-electron chi connectivity index (χ0n) is 9.79. The van der Waals surface area contributed by atoms with Crippen LogP contribution in [-0.4, -0.2) is 18.5 Å². The molecule has 0 unspecified atom stereocenters. The molecule has 1 aromatic carbocycles. The maximum absolute atomic E-state index is 11.3. The third kappa shape index (κ3) is 4.21. The van der Waals surface area contributed by atoms with E-state index in [9.17, 15) is 4.79 Å². The molecule has 4 nitrogen and oxygen atoms in total. The number of nitrogens with one attached hydrogen (secondary N) is 2. The molecule has 0 aliphatic rings. The van der Waals surface area contributed by atoms with Crippen molar-refractivity contribution in [3.05, 3.63) is 24.3 Å². The molecule has 4 N–H and O–H groups in total. The van der Waals surface area contributed by atoms with E-state index >= 15 is 0 Å². The quantitative estimate of drug-likeness (QED) is 0.661. The van der Waals surface area contributed by atoms with Crippen molar-refractivity contribution >= 4 is 17.3 Å². The highest BCUT2D eigenvalue weighted by molar-refractivity contribution is 5.77. The van der Waals surface area contributed by atoms with Gasteiger partial charge in [0.1, 0.15) is 0 Å². The van der Waals surface area contributed by atoms with Crippen molar-refractivity contribution in [2.24, 2.45) is 0 Å². The van der Waals surface area contributed by atoms with Gasteiger partial charge in [-0.1, -0.05) is 12.1 Å². The van der Waals surface area contributed by atoms with Crippen molar-refractivity contribution in [3.8, 4) is 0 Å². The van der Waals surface area contributed by atoms with Crippen molar-refractivity contribution in [1.29, 1.82) is 0 Å². The van der Waals surface area contributed by atoms with E-state index in [2.05, 4.69) is 10.6 Å². The second kappa shape index (κ2) is 6.00. The number of hydrogen-bond acceptors (Lipinski definition) is 3. The molecule has 16 heavy (non-hydrogen) atoms. The third-order valence-corrected chi connectivity index (χ3v) is 2.08. The smallest absolute Gasteiger partial charge is 0.221 e. The summed E-state index contributed by atoms with van der Waals surface area (Å²) in [7, 11) is 0. The van der Waals surface area contributed by atoms with Gasteiger partial charge in [0.25, 0.3) is 0 Å². The van der Waals surface area contributed by atoms with E-state index in [1.807, 2.05) is 38.1 Å². The highest BCUT2D eigenvalue weighted by Gasteiger charge is 2.03. The molecule has 88 valence electrons. The Morgan fingerprint density at radius 2 is 2.06 bits per heavy atom. The third-order valence-electron chi connectivity index (χ3n) is 2.08. The average molecular weight is 221 g/mol. The molecular weight excluding hydrogens is 202 g/mol. The zero-order chi connectivity index (χ0) is 12.0. The van der Waals surface area contributed by atoms with Crippen LogP contribution >= 0.6 is 0 Å². The number of amides is 1. The predicted octanol–water partition coefficient (Wildman–Crippen LogP) is 1.60. The largest absolute Gasteiger partial charge is 0.397 e. The number of benzene rings is 1. The number of nitrogens with two attached hydrogens (primary N) is 1. The summed E-state index contributed by atoms with van der Waals surface area (Å²) in [5, 5.41) is 5.96. The number of anilines is 2. The topological polar surface area (TPSA) is 67.2 Å². The van der Waals surface area contributed by atoms with Gasteiger partial charge in [-0.05, 0) is 26.0 Å². The van der Waals surface area contributed by atoms with E-state index < -0.39 is 0 Å². The van der Waals surface area contributed by atoms with Gasteiger partial charge in [-0.3, -0.25) is 4.79 Å². The van der Waals surface area contributed by atoms with Crippen LogP contribution in [0, 0.1) is 0 Å². The fourth-order valence-electron chi connectivity index (χ4n) is 1.36. The van der Waals surface area contributed by atoms with Crippen LogP contribution in [0.3, 0.4) is 0 Å². The van der Waals surface area contributed by atoms with Gasteiger partial charge in [0.15, 0.2) is 0 Å². The molecule has 0 atom stereocenters. The Morgan fingerprint density at radius 1 is 1.38 bits per heavy atom. The molecule has 0 aromatic heterocycles. The Kier molecular flexibility index (Phi) is 4.64. The monoisotopic (exact) mass is 221 g/mol. The Hall–Kier alpha value is -1.71. The van der Waals surface area contributed by atoms with E-state index in [4.69, 9.17) is 5.73 Å². The molecule has 0 saturated carbocycles. The molecule has 1 amide bonds. The van der Waals surface area contributed by atoms with Crippen LogP contribution in [0.1, 0.15) is 20.3 Å².